The Morgan fingerprint density at radius 2 is 1.92 bits per heavy atom. The highest BCUT2D eigenvalue weighted by atomic mass is 79.9. The van der Waals surface area contributed by atoms with Gasteiger partial charge in [0.1, 0.15) is 6.61 Å². The van der Waals surface area contributed by atoms with Gasteiger partial charge in [0, 0.05) is 16.7 Å². The molecule has 0 radical (unpaired) electrons. The summed E-state index contributed by atoms with van der Waals surface area (Å²) in [5, 5.41) is 5.09. The molecule has 10 heteroatoms. The average molecular weight is 429 g/mol. The van der Waals surface area contributed by atoms with Gasteiger partial charge < -0.3 is 15.4 Å². The molecule has 0 spiro atoms. The molecular formula is C14H16BrF3N2O3S. The van der Waals surface area contributed by atoms with Crippen molar-refractivity contribution < 1.29 is 27.5 Å². The van der Waals surface area contributed by atoms with Crippen molar-refractivity contribution in [3.63, 3.8) is 0 Å². The summed E-state index contributed by atoms with van der Waals surface area (Å²) in [5.41, 5.74) is 0.640. The number of benzene rings is 1. The smallest absolute Gasteiger partial charge is 0.370 e. The van der Waals surface area contributed by atoms with Crippen LogP contribution in [0.2, 0.25) is 0 Å². The Hall–Kier alpha value is -1.26. The largest absolute Gasteiger partial charge is 0.411 e. The number of amides is 2. The van der Waals surface area contributed by atoms with Gasteiger partial charge in [-0.15, -0.1) is 11.8 Å². The molecule has 0 aliphatic heterocycles. The van der Waals surface area contributed by atoms with Crippen LogP contribution in [0.3, 0.4) is 0 Å². The first-order valence-electron chi connectivity index (χ1n) is 6.80. The number of carbonyl (C=O) groups excluding carboxylic acids is 2. The molecule has 1 rings (SSSR count). The zero-order chi connectivity index (χ0) is 18.0. The Labute approximate surface area is 149 Å². The maximum absolute atomic E-state index is 11.8. The summed E-state index contributed by atoms with van der Waals surface area (Å²) >= 11 is 4.39. The minimum atomic E-state index is -4.37. The van der Waals surface area contributed by atoms with Crippen LogP contribution in [0.5, 0.6) is 0 Å². The number of ether oxygens (including phenoxy) is 1. The normalized spacial score (nSPS) is 11.2. The number of alkyl halides is 3. The molecular weight excluding hydrogens is 413 g/mol. The first-order chi connectivity index (χ1) is 11.3. The number of carbonyl (C=O) groups is 2. The first kappa shape index (κ1) is 20.8. The minimum absolute atomic E-state index is 0.0142. The van der Waals surface area contributed by atoms with Gasteiger partial charge in [-0.2, -0.15) is 13.2 Å². The number of rotatable bonds is 9. The summed E-state index contributed by atoms with van der Waals surface area (Å²) in [6, 6.07) is 7.09. The van der Waals surface area contributed by atoms with Gasteiger partial charge in [0.2, 0.25) is 11.8 Å². The third-order valence-electron chi connectivity index (χ3n) is 2.41. The van der Waals surface area contributed by atoms with E-state index in [-0.39, 0.29) is 36.5 Å². The molecule has 1 aromatic rings. The molecule has 0 heterocycles. The van der Waals surface area contributed by atoms with E-state index in [2.05, 4.69) is 31.3 Å². The van der Waals surface area contributed by atoms with Crippen LogP contribution in [0, 0.1) is 0 Å². The fourth-order valence-corrected chi connectivity index (χ4v) is 2.55. The van der Waals surface area contributed by atoms with Crippen molar-refractivity contribution in [2.45, 2.75) is 6.18 Å². The summed E-state index contributed by atoms with van der Waals surface area (Å²) in [6.45, 7) is -1.58. The zero-order valence-corrected chi connectivity index (χ0v) is 14.9. The van der Waals surface area contributed by atoms with E-state index in [4.69, 9.17) is 0 Å². The predicted octanol–water partition coefficient (Wildman–Crippen LogP) is 2.82. The number of thioether (sulfide) groups is 1. The van der Waals surface area contributed by atoms with E-state index >= 15 is 0 Å². The van der Waals surface area contributed by atoms with Gasteiger partial charge >= 0.3 is 6.18 Å². The number of nitrogens with one attached hydrogen (secondary N) is 2. The van der Waals surface area contributed by atoms with E-state index in [1.54, 1.807) is 18.2 Å². The SMILES string of the molecule is O=C(CSCC(=O)Nc1cccc(Br)c1)NCCOCC(F)(F)F. The summed E-state index contributed by atoms with van der Waals surface area (Å²) in [5.74, 6) is -0.499. The highest BCUT2D eigenvalue weighted by Crippen LogP contribution is 2.16. The summed E-state index contributed by atoms with van der Waals surface area (Å²) < 4.78 is 40.6. The monoisotopic (exact) mass is 428 g/mol. The van der Waals surface area contributed by atoms with Crippen molar-refractivity contribution >= 4 is 45.2 Å². The Bertz CT molecular complexity index is 558. The molecule has 2 amide bonds. The van der Waals surface area contributed by atoms with Crippen molar-refractivity contribution in [2.24, 2.45) is 0 Å². The predicted molar refractivity (Wildman–Crippen MR) is 90.0 cm³/mol. The summed E-state index contributed by atoms with van der Waals surface area (Å²) in [6.07, 6.45) is -4.37. The second kappa shape index (κ2) is 10.6. The van der Waals surface area contributed by atoms with Crippen LogP contribution in [0.1, 0.15) is 0 Å². The van der Waals surface area contributed by atoms with E-state index in [1.165, 1.54) is 0 Å². The number of halogens is 4. The molecule has 0 aliphatic carbocycles. The van der Waals surface area contributed by atoms with Crippen LogP contribution >= 0.6 is 27.7 Å². The first-order valence-corrected chi connectivity index (χ1v) is 8.75. The third kappa shape index (κ3) is 10.5. The second-order valence-electron chi connectivity index (χ2n) is 4.57. The molecule has 0 aromatic heterocycles. The van der Waals surface area contributed by atoms with E-state index in [0.717, 1.165) is 16.2 Å². The molecule has 2 N–H and O–H groups in total. The van der Waals surface area contributed by atoms with Gasteiger partial charge in [0.25, 0.3) is 0 Å². The summed E-state index contributed by atoms with van der Waals surface area (Å²) in [7, 11) is 0. The molecule has 0 bridgehead atoms. The van der Waals surface area contributed by atoms with E-state index in [0.29, 0.717) is 5.69 Å². The van der Waals surface area contributed by atoms with Gasteiger partial charge in [-0.1, -0.05) is 22.0 Å². The van der Waals surface area contributed by atoms with Crippen molar-refractivity contribution in [1.29, 1.82) is 0 Å². The molecule has 134 valence electrons. The average Bonchev–Trinajstić information content (AvgIpc) is 2.45. The molecule has 0 aliphatic rings. The number of hydrogen-bond acceptors (Lipinski definition) is 4. The molecule has 1 aromatic carbocycles. The van der Waals surface area contributed by atoms with E-state index < -0.39 is 12.8 Å². The van der Waals surface area contributed by atoms with E-state index in [9.17, 15) is 22.8 Å². The Morgan fingerprint density at radius 1 is 1.21 bits per heavy atom. The van der Waals surface area contributed by atoms with Crippen molar-refractivity contribution in [2.75, 3.05) is 36.6 Å². The fourth-order valence-electron chi connectivity index (χ4n) is 1.50. The van der Waals surface area contributed by atoms with Crippen LogP contribution in [0.25, 0.3) is 0 Å². The van der Waals surface area contributed by atoms with Crippen LogP contribution in [-0.2, 0) is 14.3 Å². The molecule has 24 heavy (non-hydrogen) atoms. The van der Waals surface area contributed by atoms with Gasteiger partial charge in [0.05, 0.1) is 18.1 Å². The Balaban J connectivity index is 2.09. The van der Waals surface area contributed by atoms with Crippen LogP contribution < -0.4 is 10.6 Å². The third-order valence-corrected chi connectivity index (χ3v) is 3.83. The second-order valence-corrected chi connectivity index (χ2v) is 6.47. The Kier molecular flexibility index (Phi) is 9.16. The highest BCUT2D eigenvalue weighted by Gasteiger charge is 2.27. The molecule has 0 saturated heterocycles. The number of hydrogen-bond donors (Lipinski definition) is 2. The highest BCUT2D eigenvalue weighted by molar-refractivity contribution is 9.10. The molecule has 5 nitrogen and oxygen atoms in total. The molecule has 0 atom stereocenters. The molecule has 0 saturated carbocycles. The molecule has 0 fully saturated rings. The lowest BCUT2D eigenvalue weighted by atomic mass is 10.3. The van der Waals surface area contributed by atoms with Crippen molar-refractivity contribution in [3.05, 3.63) is 28.7 Å². The minimum Gasteiger partial charge on any atom is -0.370 e. The van der Waals surface area contributed by atoms with Crippen molar-refractivity contribution in [1.82, 2.24) is 5.32 Å². The summed E-state index contributed by atoms with van der Waals surface area (Å²) in [4.78, 5) is 23.1. The quantitative estimate of drug-likeness (QED) is 0.593. The van der Waals surface area contributed by atoms with Gasteiger partial charge in [0.15, 0.2) is 0 Å². The lowest BCUT2D eigenvalue weighted by molar-refractivity contribution is -0.173. The maximum Gasteiger partial charge on any atom is 0.411 e. The van der Waals surface area contributed by atoms with Gasteiger partial charge in [-0.3, -0.25) is 9.59 Å². The van der Waals surface area contributed by atoms with Gasteiger partial charge in [-0.05, 0) is 18.2 Å². The van der Waals surface area contributed by atoms with E-state index in [1.807, 2.05) is 6.07 Å². The topological polar surface area (TPSA) is 67.4 Å². The fraction of sp³-hybridized carbons (Fsp3) is 0.429. The number of anilines is 1. The maximum atomic E-state index is 11.8. The van der Waals surface area contributed by atoms with Crippen LogP contribution in [-0.4, -0.2) is 49.3 Å². The van der Waals surface area contributed by atoms with Gasteiger partial charge in [-0.25, -0.2) is 0 Å². The Morgan fingerprint density at radius 3 is 2.58 bits per heavy atom. The standard InChI is InChI=1S/C14H16BrF3N2O3S/c15-10-2-1-3-11(6-10)20-13(22)8-24-7-12(21)19-4-5-23-9-14(16,17)18/h1-3,6H,4-5,7-9H2,(H,19,21)(H,20,22). The van der Waals surface area contributed by atoms with Crippen LogP contribution in [0.4, 0.5) is 18.9 Å². The zero-order valence-electron chi connectivity index (χ0n) is 12.5. The van der Waals surface area contributed by atoms with Crippen molar-refractivity contribution in [3.8, 4) is 0 Å². The van der Waals surface area contributed by atoms with Crippen LogP contribution in [0.15, 0.2) is 28.7 Å². The lowest BCUT2D eigenvalue weighted by Gasteiger charge is -2.08. The lowest BCUT2D eigenvalue weighted by Crippen LogP contribution is -2.30. The molecule has 0 unspecified atom stereocenters.